The Labute approximate surface area is 96.4 Å². The lowest BCUT2D eigenvalue weighted by Gasteiger charge is -2.34. The third kappa shape index (κ3) is 2.33. The molecule has 1 atom stereocenters. The Hall–Kier alpha value is -1.13. The summed E-state index contributed by atoms with van der Waals surface area (Å²) >= 11 is 0. The van der Waals surface area contributed by atoms with E-state index in [0.29, 0.717) is 12.6 Å². The molecule has 0 aliphatic carbocycles. The standard InChI is InChI=1S/C12H19N3O/c1-16-11-3-2-6-15(9-11)12-4-5-14-8-10(12)7-13/h4-5,8,11H,2-3,6-7,9,13H2,1H3. The molecule has 1 saturated heterocycles. The first-order valence-electron chi connectivity index (χ1n) is 5.76. The second-order valence-corrected chi connectivity index (χ2v) is 4.15. The van der Waals surface area contributed by atoms with Crippen LogP contribution in [0.2, 0.25) is 0 Å². The first-order valence-corrected chi connectivity index (χ1v) is 5.76. The smallest absolute Gasteiger partial charge is 0.0746 e. The molecule has 0 saturated carbocycles. The number of ether oxygens (including phenoxy) is 1. The van der Waals surface area contributed by atoms with Crippen LogP contribution in [0.5, 0.6) is 0 Å². The molecule has 1 aliphatic rings. The number of hydrogen-bond donors (Lipinski definition) is 1. The molecule has 2 N–H and O–H groups in total. The van der Waals surface area contributed by atoms with Crippen LogP contribution in [0, 0.1) is 0 Å². The van der Waals surface area contributed by atoms with Crippen LogP contribution in [0.1, 0.15) is 18.4 Å². The summed E-state index contributed by atoms with van der Waals surface area (Å²) in [7, 11) is 1.78. The number of pyridine rings is 1. The van der Waals surface area contributed by atoms with Gasteiger partial charge in [0.15, 0.2) is 0 Å². The summed E-state index contributed by atoms with van der Waals surface area (Å²) in [5.74, 6) is 0. The Morgan fingerprint density at radius 1 is 1.62 bits per heavy atom. The lowest BCUT2D eigenvalue weighted by molar-refractivity contribution is 0.0893. The molecule has 2 rings (SSSR count). The van der Waals surface area contributed by atoms with Crippen LogP contribution in [-0.4, -0.2) is 31.3 Å². The van der Waals surface area contributed by atoms with Gasteiger partial charge in [0.1, 0.15) is 0 Å². The van der Waals surface area contributed by atoms with Crippen molar-refractivity contribution in [3.05, 3.63) is 24.0 Å². The molecular formula is C12H19N3O. The number of methoxy groups -OCH3 is 1. The predicted octanol–water partition coefficient (Wildman–Crippen LogP) is 1.16. The summed E-state index contributed by atoms with van der Waals surface area (Å²) in [5, 5.41) is 0. The zero-order valence-electron chi connectivity index (χ0n) is 9.72. The summed E-state index contributed by atoms with van der Waals surface area (Å²) in [6.07, 6.45) is 6.34. The molecule has 1 fully saturated rings. The number of hydrogen-bond acceptors (Lipinski definition) is 4. The fourth-order valence-electron chi connectivity index (χ4n) is 2.23. The summed E-state index contributed by atoms with van der Waals surface area (Å²) < 4.78 is 5.43. The van der Waals surface area contributed by atoms with Gasteiger partial charge in [-0.05, 0) is 18.9 Å². The molecule has 1 aromatic rings. The number of nitrogens with two attached hydrogens (primary N) is 1. The topological polar surface area (TPSA) is 51.4 Å². The van der Waals surface area contributed by atoms with Gasteiger partial charge < -0.3 is 15.4 Å². The quantitative estimate of drug-likeness (QED) is 0.832. The lowest BCUT2D eigenvalue weighted by Crippen LogP contribution is -2.39. The Morgan fingerprint density at radius 2 is 2.50 bits per heavy atom. The van der Waals surface area contributed by atoms with Crippen molar-refractivity contribution < 1.29 is 4.74 Å². The maximum absolute atomic E-state index is 5.73. The van der Waals surface area contributed by atoms with Gasteiger partial charge in [-0.2, -0.15) is 0 Å². The van der Waals surface area contributed by atoms with Crippen molar-refractivity contribution in [3.8, 4) is 0 Å². The molecule has 2 heterocycles. The monoisotopic (exact) mass is 221 g/mol. The normalized spacial score (nSPS) is 21.1. The van der Waals surface area contributed by atoms with Crippen LogP contribution in [0.25, 0.3) is 0 Å². The molecule has 0 aromatic carbocycles. The first-order chi connectivity index (χ1) is 7.85. The molecule has 0 spiro atoms. The van der Waals surface area contributed by atoms with Gasteiger partial charge in [0.25, 0.3) is 0 Å². The van der Waals surface area contributed by atoms with E-state index in [9.17, 15) is 0 Å². The van der Waals surface area contributed by atoms with E-state index in [1.165, 1.54) is 12.1 Å². The Balaban J connectivity index is 2.16. The lowest BCUT2D eigenvalue weighted by atomic mass is 10.1. The van der Waals surface area contributed by atoms with Gasteiger partial charge in [-0.25, -0.2) is 0 Å². The Bertz CT molecular complexity index is 343. The van der Waals surface area contributed by atoms with Gasteiger partial charge in [0.2, 0.25) is 0 Å². The number of nitrogens with zero attached hydrogens (tertiary/aromatic N) is 2. The minimum Gasteiger partial charge on any atom is -0.380 e. The SMILES string of the molecule is COC1CCCN(c2ccncc2CN)C1. The molecule has 1 aliphatic heterocycles. The molecule has 4 nitrogen and oxygen atoms in total. The van der Waals surface area contributed by atoms with Gasteiger partial charge in [0.05, 0.1) is 6.10 Å². The minimum absolute atomic E-state index is 0.340. The number of aromatic nitrogens is 1. The van der Waals surface area contributed by atoms with E-state index in [1.54, 1.807) is 7.11 Å². The summed E-state index contributed by atoms with van der Waals surface area (Å²) in [4.78, 5) is 6.46. The second kappa shape index (κ2) is 5.27. The molecule has 16 heavy (non-hydrogen) atoms. The molecule has 0 radical (unpaired) electrons. The van der Waals surface area contributed by atoms with Gasteiger partial charge >= 0.3 is 0 Å². The van der Waals surface area contributed by atoms with E-state index in [-0.39, 0.29) is 0 Å². The van der Waals surface area contributed by atoms with Crippen LogP contribution in [0.3, 0.4) is 0 Å². The van der Waals surface area contributed by atoms with Gasteiger partial charge in [-0.15, -0.1) is 0 Å². The van der Waals surface area contributed by atoms with Crippen molar-refractivity contribution in [2.24, 2.45) is 5.73 Å². The maximum Gasteiger partial charge on any atom is 0.0746 e. The second-order valence-electron chi connectivity index (χ2n) is 4.15. The minimum atomic E-state index is 0.340. The van der Waals surface area contributed by atoms with Crippen LogP contribution in [0.15, 0.2) is 18.5 Å². The number of piperidine rings is 1. The van der Waals surface area contributed by atoms with E-state index in [4.69, 9.17) is 10.5 Å². The molecule has 0 amide bonds. The van der Waals surface area contributed by atoms with Gasteiger partial charge in [-0.1, -0.05) is 0 Å². The number of anilines is 1. The Morgan fingerprint density at radius 3 is 3.25 bits per heavy atom. The van der Waals surface area contributed by atoms with E-state index in [2.05, 4.69) is 9.88 Å². The van der Waals surface area contributed by atoms with Crippen molar-refractivity contribution in [2.75, 3.05) is 25.1 Å². The van der Waals surface area contributed by atoms with E-state index < -0.39 is 0 Å². The van der Waals surface area contributed by atoms with Gasteiger partial charge in [-0.3, -0.25) is 4.98 Å². The highest BCUT2D eigenvalue weighted by atomic mass is 16.5. The summed E-state index contributed by atoms with van der Waals surface area (Å²) in [5.41, 5.74) is 8.04. The average molecular weight is 221 g/mol. The van der Waals surface area contributed by atoms with Crippen LogP contribution in [-0.2, 0) is 11.3 Å². The van der Waals surface area contributed by atoms with Crippen molar-refractivity contribution >= 4 is 5.69 Å². The molecule has 1 unspecified atom stereocenters. The first kappa shape index (κ1) is 11.4. The third-order valence-corrected chi connectivity index (χ3v) is 3.15. The highest BCUT2D eigenvalue weighted by molar-refractivity contribution is 5.52. The highest BCUT2D eigenvalue weighted by Gasteiger charge is 2.20. The largest absolute Gasteiger partial charge is 0.380 e. The molecule has 88 valence electrons. The summed E-state index contributed by atoms with van der Waals surface area (Å²) in [6, 6.07) is 2.04. The number of rotatable bonds is 3. The molecule has 0 bridgehead atoms. The Kier molecular flexibility index (Phi) is 3.74. The molecular weight excluding hydrogens is 202 g/mol. The molecule has 4 heteroatoms. The average Bonchev–Trinajstić information content (AvgIpc) is 2.38. The fraction of sp³-hybridized carbons (Fsp3) is 0.583. The zero-order chi connectivity index (χ0) is 11.4. The maximum atomic E-state index is 5.73. The van der Waals surface area contributed by atoms with E-state index >= 15 is 0 Å². The van der Waals surface area contributed by atoms with Crippen LogP contribution in [0.4, 0.5) is 5.69 Å². The van der Waals surface area contributed by atoms with Crippen molar-refractivity contribution in [3.63, 3.8) is 0 Å². The van der Waals surface area contributed by atoms with Crippen LogP contribution < -0.4 is 10.6 Å². The van der Waals surface area contributed by atoms with Crippen molar-refractivity contribution in [1.82, 2.24) is 4.98 Å². The predicted molar refractivity (Wildman–Crippen MR) is 64.4 cm³/mol. The van der Waals surface area contributed by atoms with Gasteiger partial charge in [0, 0.05) is 50.4 Å². The van der Waals surface area contributed by atoms with Crippen molar-refractivity contribution in [2.45, 2.75) is 25.5 Å². The highest BCUT2D eigenvalue weighted by Crippen LogP contribution is 2.23. The van der Waals surface area contributed by atoms with Crippen LogP contribution >= 0.6 is 0 Å². The van der Waals surface area contributed by atoms with E-state index in [0.717, 1.165) is 25.1 Å². The van der Waals surface area contributed by atoms with Crippen molar-refractivity contribution in [1.29, 1.82) is 0 Å². The molecule has 1 aromatic heterocycles. The zero-order valence-corrected chi connectivity index (χ0v) is 9.72. The fourth-order valence-corrected chi connectivity index (χ4v) is 2.23. The van der Waals surface area contributed by atoms with E-state index in [1.807, 2.05) is 18.5 Å². The third-order valence-electron chi connectivity index (χ3n) is 3.15. The summed E-state index contributed by atoms with van der Waals surface area (Å²) in [6.45, 7) is 2.57.